The molecule has 1 aliphatic heterocycles. The Balaban J connectivity index is 1.31. The van der Waals surface area contributed by atoms with E-state index in [-0.39, 0.29) is 23.0 Å². The zero-order valence-corrected chi connectivity index (χ0v) is 23.3. The molecule has 5 rings (SSSR count). The topological polar surface area (TPSA) is 108 Å². The number of carbonyl (C=O) groups excluding carboxylic acids is 1. The van der Waals surface area contributed by atoms with Crippen molar-refractivity contribution in [2.24, 2.45) is 0 Å². The zero-order valence-electron chi connectivity index (χ0n) is 22.4. The number of hydrogen-bond acceptors (Lipinski definition) is 6. The van der Waals surface area contributed by atoms with Crippen LogP contribution < -0.4 is 16.1 Å². The molecule has 0 bridgehead atoms. The van der Waals surface area contributed by atoms with Crippen LogP contribution in [0.3, 0.4) is 0 Å². The Morgan fingerprint density at radius 3 is 2.33 bits per heavy atom. The van der Waals surface area contributed by atoms with E-state index in [0.717, 1.165) is 33.4 Å². The first-order chi connectivity index (χ1) is 18.6. The largest absolute Gasteiger partial charge is 0.324 e. The Labute approximate surface area is 229 Å². The molecule has 0 saturated carbocycles. The summed E-state index contributed by atoms with van der Waals surface area (Å²) < 4.78 is 25.0. The zero-order chi connectivity index (χ0) is 27.6. The SMILES string of the molecule is CC(C)(C)c1cc(NC(=O)Nc2cccc3ccccc23)n(-c2ccc(CNN3CCS(=O)(=O)CC3)cc2)n1. The first kappa shape index (κ1) is 26.9. The fraction of sp³-hybridized carbons (Fsp3) is 0.310. The summed E-state index contributed by atoms with van der Waals surface area (Å²) in [4.78, 5) is 13.1. The van der Waals surface area contributed by atoms with Crippen LogP contribution in [-0.4, -0.2) is 53.8 Å². The molecule has 39 heavy (non-hydrogen) atoms. The summed E-state index contributed by atoms with van der Waals surface area (Å²) in [5, 5.41) is 14.8. The lowest BCUT2D eigenvalue weighted by Crippen LogP contribution is -2.47. The molecule has 204 valence electrons. The number of nitrogens with zero attached hydrogens (tertiary/aromatic N) is 3. The summed E-state index contributed by atoms with van der Waals surface area (Å²) in [6, 6.07) is 23.2. The van der Waals surface area contributed by atoms with E-state index in [1.807, 2.05) is 77.8 Å². The Kier molecular flexibility index (Phi) is 7.44. The molecule has 0 atom stereocenters. The summed E-state index contributed by atoms with van der Waals surface area (Å²) in [7, 11) is -2.91. The highest BCUT2D eigenvalue weighted by atomic mass is 32.2. The van der Waals surface area contributed by atoms with Gasteiger partial charge in [-0.15, -0.1) is 0 Å². The second-order valence-electron chi connectivity index (χ2n) is 10.8. The molecular formula is C29H34N6O3S. The lowest BCUT2D eigenvalue weighted by molar-refractivity contribution is 0.200. The molecule has 10 heteroatoms. The summed E-state index contributed by atoms with van der Waals surface area (Å²) in [6.07, 6.45) is 0. The van der Waals surface area contributed by atoms with Gasteiger partial charge >= 0.3 is 6.03 Å². The van der Waals surface area contributed by atoms with Gasteiger partial charge in [-0.2, -0.15) is 5.10 Å². The number of rotatable bonds is 6. The molecule has 0 aliphatic carbocycles. The molecular weight excluding hydrogens is 512 g/mol. The Hall–Kier alpha value is -3.73. The van der Waals surface area contributed by atoms with Crippen molar-refractivity contribution in [2.45, 2.75) is 32.7 Å². The molecule has 3 aromatic carbocycles. The smallest absolute Gasteiger partial charge is 0.307 e. The minimum atomic E-state index is -2.91. The molecule has 2 heterocycles. The maximum absolute atomic E-state index is 13.1. The van der Waals surface area contributed by atoms with Crippen molar-refractivity contribution in [3.63, 3.8) is 0 Å². The van der Waals surface area contributed by atoms with Crippen molar-refractivity contribution < 1.29 is 13.2 Å². The maximum atomic E-state index is 13.1. The number of fused-ring (bicyclic) bond motifs is 1. The number of carbonyl (C=O) groups is 1. The molecule has 2 amide bonds. The Morgan fingerprint density at radius 2 is 1.62 bits per heavy atom. The van der Waals surface area contributed by atoms with Crippen molar-refractivity contribution in [1.82, 2.24) is 20.2 Å². The third-order valence-corrected chi connectivity index (χ3v) is 8.40. The van der Waals surface area contributed by atoms with E-state index in [2.05, 4.69) is 36.8 Å². The molecule has 1 saturated heterocycles. The average molecular weight is 547 g/mol. The third-order valence-electron chi connectivity index (χ3n) is 6.79. The third kappa shape index (κ3) is 6.47. The fourth-order valence-corrected chi connectivity index (χ4v) is 5.67. The van der Waals surface area contributed by atoms with Gasteiger partial charge in [-0.1, -0.05) is 69.3 Å². The number of anilines is 2. The van der Waals surface area contributed by atoms with Crippen LogP contribution in [0.5, 0.6) is 0 Å². The number of benzene rings is 3. The van der Waals surface area contributed by atoms with Crippen LogP contribution in [0.2, 0.25) is 0 Å². The van der Waals surface area contributed by atoms with E-state index < -0.39 is 9.84 Å². The van der Waals surface area contributed by atoms with Gasteiger partial charge in [-0.3, -0.25) is 10.7 Å². The van der Waals surface area contributed by atoms with Crippen molar-refractivity contribution in [2.75, 3.05) is 35.2 Å². The number of nitrogens with one attached hydrogen (secondary N) is 3. The quantitative estimate of drug-likeness (QED) is 0.324. The number of aromatic nitrogens is 2. The van der Waals surface area contributed by atoms with E-state index >= 15 is 0 Å². The van der Waals surface area contributed by atoms with Gasteiger partial charge in [0.05, 0.1) is 28.6 Å². The monoisotopic (exact) mass is 546 g/mol. The van der Waals surface area contributed by atoms with E-state index in [9.17, 15) is 13.2 Å². The lowest BCUT2D eigenvalue weighted by Gasteiger charge is -2.27. The minimum Gasteiger partial charge on any atom is -0.307 e. The second kappa shape index (κ2) is 10.8. The molecule has 1 aromatic heterocycles. The van der Waals surface area contributed by atoms with Crippen LogP contribution >= 0.6 is 0 Å². The maximum Gasteiger partial charge on any atom is 0.324 e. The van der Waals surface area contributed by atoms with Crippen LogP contribution in [0.4, 0.5) is 16.3 Å². The number of sulfone groups is 1. The number of amides is 2. The normalized spacial score (nSPS) is 15.8. The van der Waals surface area contributed by atoms with Gasteiger partial charge in [0.1, 0.15) is 5.82 Å². The summed E-state index contributed by atoms with van der Waals surface area (Å²) >= 11 is 0. The number of hydrazine groups is 1. The molecule has 0 spiro atoms. The fourth-order valence-electron chi connectivity index (χ4n) is 4.47. The van der Waals surface area contributed by atoms with Gasteiger partial charge < -0.3 is 5.32 Å². The lowest BCUT2D eigenvalue weighted by atomic mass is 9.92. The van der Waals surface area contributed by atoms with Gasteiger partial charge in [-0.05, 0) is 29.1 Å². The predicted octanol–water partition coefficient (Wildman–Crippen LogP) is 4.70. The first-order valence-electron chi connectivity index (χ1n) is 13.0. The molecule has 1 aliphatic rings. The molecule has 9 nitrogen and oxygen atoms in total. The minimum absolute atomic E-state index is 0.179. The van der Waals surface area contributed by atoms with E-state index in [1.54, 1.807) is 4.68 Å². The van der Waals surface area contributed by atoms with Crippen molar-refractivity contribution in [3.8, 4) is 5.69 Å². The predicted molar refractivity (Wildman–Crippen MR) is 156 cm³/mol. The van der Waals surface area contributed by atoms with Gasteiger partial charge in [0.25, 0.3) is 0 Å². The number of urea groups is 1. The van der Waals surface area contributed by atoms with E-state index in [4.69, 9.17) is 5.10 Å². The van der Waals surface area contributed by atoms with Crippen LogP contribution in [0.1, 0.15) is 32.0 Å². The molecule has 3 N–H and O–H groups in total. The van der Waals surface area contributed by atoms with Crippen LogP contribution in [0.25, 0.3) is 16.5 Å². The Bertz CT molecular complexity index is 1570. The van der Waals surface area contributed by atoms with E-state index in [0.29, 0.717) is 25.5 Å². The van der Waals surface area contributed by atoms with Crippen molar-refractivity contribution >= 4 is 38.1 Å². The molecule has 0 unspecified atom stereocenters. The van der Waals surface area contributed by atoms with Crippen LogP contribution in [0.15, 0.2) is 72.8 Å². The summed E-state index contributed by atoms with van der Waals surface area (Å²) in [5.74, 6) is 0.925. The van der Waals surface area contributed by atoms with Crippen LogP contribution in [-0.2, 0) is 21.8 Å². The first-order valence-corrected chi connectivity index (χ1v) is 14.8. The molecule has 1 fully saturated rings. The van der Waals surface area contributed by atoms with Crippen LogP contribution in [0, 0.1) is 0 Å². The van der Waals surface area contributed by atoms with Gasteiger partial charge in [0.15, 0.2) is 9.84 Å². The van der Waals surface area contributed by atoms with Crippen molar-refractivity contribution in [1.29, 1.82) is 0 Å². The molecule has 4 aromatic rings. The Morgan fingerprint density at radius 1 is 0.923 bits per heavy atom. The highest BCUT2D eigenvalue weighted by Gasteiger charge is 2.23. The number of hydrogen-bond donors (Lipinski definition) is 3. The standard InChI is InChI=1S/C29H34N6O3S/c1-29(2,3)26-19-27(32-28(36)31-25-10-6-8-22-7-4-5-9-24(22)25)35(33-26)23-13-11-21(12-14-23)20-30-34-15-17-39(37,38)18-16-34/h4-14,19,30H,15-18,20H2,1-3H3,(H2,31,32,36). The van der Waals surface area contributed by atoms with Gasteiger partial charge in [0.2, 0.25) is 0 Å². The highest BCUT2D eigenvalue weighted by molar-refractivity contribution is 7.91. The average Bonchev–Trinajstić information content (AvgIpc) is 3.33. The van der Waals surface area contributed by atoms with Gasteiger partial charge in [-0.25, -0.2) is 22.9 Å². The molecule has 0 radical (unpaired) electrons. The van der Waals surface area contributed by atoms with E-state index in [1.165, 1.54) is 0 Å². The second-order valence-corrected chi connectivity index (χ2v) is 13.1. The van der Waals surface area contributed by atoms with Crippen molar-refractivity contribution in [3.05, 3.63) is 84.1 Å². The highest BCUT2D eigenvalue weighted by Crippen LogP contribution is 2.27. The van der Waals surface area contributed by atoms with Gasteiger partial charge in [0, 0.05) is 36.5 Å². The summed E-state index contributed by atoms with van der Waals surface area (Å²) in [6.45, 7) is 7.81. The summed E-state index contributed by atoms with van der Waals surface area (Å²) in [5.41, 5.74) is 6.56.